The molecular formula is C35H50N8O4S. The predicted molar refractivity (Wildman–Crippen MR) is 185 cm³/mol. The molecule has 3 atom stereocenters. The summed E-state index contributed by atoms with van der Waals surface area (Å²) >= 11 is 1.31. The first kappa shape index (κ1) is 36.7. The second kappa shape index (κ2) is 16.8. The van der Waals surface area contributed by atoms with E-state index in [0.29, 0.717) is 48.3 Å². The molecule has 3 aromatic rings. The SMILES string of the molecule is Cc1nc2n(n1)CC(=O)N[C@@H](C(C)C)CN(C(=O)CCC(C)C)CC(=O)N[C@@H](CC(C)C)c1nc(cs1)C(=O)N[C@H]2Cc1ccccc1. The lowest BCUT2D eigenvalue weighted by atomic mass is 10.0. The molecule has 1 aliphatic rings. The number of carbonyl (C=O) groups excluding carboxylic acids is 4. The molecular weight excluding hydrogens is 629 g/mol. The Morgan fingerprint density at radius 1 is 0.917 bits per heavy atom. The average Bonchev–Trinajstić information content (AvgIpc) is 3.65. The van der Waals surface area contributed by atoms with Gasteiger partial charge in [0.2, 0.25) is 17.7 Å². The van der Waals surface area contributed by atoms with E-state index in [0.717, 1.165) is 5.56 Å². The van der Waals surface area contributed by atoms with Gasteiger partial charge >= 0.3 is 0 Å². The molecule has 0 saturated heterocycles. The van der Waals surface area contributed by atoms with Crippen LogP contribution in [-0.4, -0.2) is 67.4 Å². The molecule has 1 aliphatic heterocycles. The summed E-state index contributed by atoms with van der Waals surface area (Å²) in [4.78, 5) is 65.3. The Morgan fingerprint density at radius 2 is 1.62 bits per heavy atom. The van der Waals surface area contributed by atoms with Gasteiger partial charge in [0.1, 0.15) is 23.1 Å². The maximum atomic E-state index is 13.7. The standard InChI is InChI=1S/C35H50N8O4S/c1-21(2)13-14-32(46)42-17-28(23(5)6)38-31(45)19-43-33(36-24(7)41-43)26(16-25-11-9-8-10-12-25)39-34(47)29-20-48-35(40-29)27(15-22(3)4)37-30(44)18-42/h8-12,20-23,26-28H,13-19H2,1-7H3,(H,37,44)(H,38,45)(H,39,47)/t26-,27-,28+/m0/s1. The summed E-state index contributed by atoms with van der Waals surface area (Å²) in [6.07, 6.45) is 2.01. The maximum absolute atomic E-state index is 13.7. The number of benzene rings is 1. The molecule has 3 heterocycles. The van der Waals surface area contributed by atoms with Crippen molar-refractivity contribution in [3.63, 3.8) is 0 Å². The Labute approximate surface area is 287 Å². The minimum atomic E-state index is -0.612. The normalized spacial score (nSPS) is 19.8. The van der Waals surface area contributed by atoms with E-state index < -0.39 is 24.0 Å². The fourth-order valence-electron chi connectivity index (χ4n) is 5.67. The van der Waals surface area contributed by atoms with Crippen molar-refractivity contribution in [2.45, 2.75) is 98.8 Å². The molecule has 3 N–H and O–H groups in total. The molecule has 13 heteroatoms. The zero-order chi connectivity index (χ0) is 35.0. The number of rotatable bonds is 8. The molecule has 0 fully saturated rings. The van der Waals surface area contributed by atoms with E-state index in [4.69, 9.17) is 0 Å². The molecule has 0 spiro atoms. The van der Waals surface area contributed by atoms with Crippen LogP contribution >= 0.6 is 11.3 Å². The quantitative estimate of drug-likeness (QED) is 0.320. The van der Waals surface area contributed by atoms with Crippen molar-refractivity contribution in [2.24, 2.45) is 17.8 Å². The monoisotopic (exact) mass is 678 g/mol. The van der Waals surface area contributed by atoms with Gasteiger partial charge in [-0.25, -0.2) is 14.6 Å². The highest BCUT2D eigenvalue weighted by molar-refractivity contribution is 7.09. The number of thiazole rings is 1. The van der Waals surface area contributed by atoms with Gasteiger partial charge in [0.05, 0.1) is 18.6 Å². The lowest BCUT2D eigenvalue weighted by molar-refractivity contribution is -0.137. The summed E-state index contributed by atoms with van der Waals surface area (Å²) < 4.78 is 1.53. The molecule has 12 nitrogen and oxygen atoms in total. The van der Waals surface area contributed by atoms with E-state index in [-0.39, 0.29) is 54.9 Å². The van der Waals surface area contributed by atoms with Gasteiger partial charge in [0, 0.05) is 24.4 Å². The van der Waals surface area contributed by atoms with E-state index in [1.807, 2.05) is 44.2 Å². The molecule has 4 rings (SSSR count). The van der Waals surface area contributed by atoms with Crippen LogP contribution in [0.5, 0.6) is 0 Å². The molecule has 2 bridgehead atoms. The molecule has 1 aromatic carbocycles. The molecule has 0 saturated carbocycles. The third kappa shape index (κ3) is 10.4. The summed E-state index contributed by atoms with van der Waals surface area (Å²) in [6, 6.07) is 8.25. The third-order valence-electron chi connectivity index (χ3n) is 8.29. The second-order valence-electron chi connectivity index (χ2n) is 13.8. The van der Waals surface area contributed by atoms with Crippen LogP contribution in [0.25, 0.3) is 0 Å². The van der Waals surface area contributed by atoms with Crippen LogP contribution in [0.15, 0.2) is 35.7 Å². The second-order valence-corrected chi connectivity index (χ2v) is 14.7. The number of amides is 4. The van der Waals surface area contributed by atoms with Crippen molar-refractivity contribution in [1.29, 1.82) is 0 Å². The minimum absolute atomic E-state index is 0.0347. The average molecular weight is 679 g/mol. The topological polar surface area (TPSA) is 151 Å². The third-order valence-corrected chi connectivity index (χ3v) is 9.24. The molecule has 0 unspecified atom stereocenters. The molecule has 0 radical (unpaired) electrons. The lowest BCUT2D eigenvalue weighted by Crippen LogP contribution is -2.51. The Kier molecular flexibility index (Phi) is 12.9. The number of carbonyl (C=O) groups is 4. The highest BCUT2D eigenvalue weighted by atomic mass is 32.1. The van der Waals surface area contributed by atoms with Crippen molar-refractivity contribution in [1.82, 2.24) is 40.6 Å². The predicted octanol–water partition coefficient (Wildman–Crippen LogP) is 4.38. The number of fused-ring (bicyclic) bond motifs is 3. The van der Waals surface area contributed by atoms with E-state index >= 15 is 0 Å². The number of nitrogens with zero attached hydrogens (tertiary/aromatic N) is 5. The minimum Gasteiger partial charge on any atom is -0.350 e. The number of aryl methyl sites for hydroxylation is 1. The zero-order valence-corrected chi connectivity index (χ0v) is 30.0. The van der Waals surface area contributed by atoms with E-state index in [9.17, 15) is 19.2 Å². The number of hydrogen-bond donors (Lipinski definition) is 3. The van der Waals surface area contributed by atoms with Crippen LogP contribution in [0, 0.1) is 24.7 Å². The summed E-state index contributed by atoms with van der Waals surface area (Å²) in [5.74, 6) is 0.263. The Bertz CT molecular complexity index is 1550. The summed E-state index contributed by atoms with van der Waals surface area (Å²) in [5, 5.41) is 16.1. The highest BCUT2D eigenvalue weighted by Crippen LogP contribution is 2.26. The highest BCUT2D eigenvalue weighted by Gasteiger charge is 2.30. The lowest BCUT2D eigenvalue weighted by Gasteiger charge is -2.31. The van der Waals surface area contributed by atoms with E-state index in [1.54, 1.807) is 17.2 Å². The largest absolute Gasteiger partial charge is 0.350 e. The van der Waals surface area contributed by atoms with E-state index in [1.165, 1.54) is 16.0 Å². The zero-order valence-electron chi connectivity index (χ0n) is 29.2. The van der Waals surface area contributed by atoms with Gasteiger partial charge in [-0.15, -0.1) is 11.3 Å². The van der Waals surface area contributed by atoms with Crippen molar-refractivity contribution in [3.05, 3.63) is 63.6 Å². The Morgan fingerprint density at radius 3 is 2.29 bits per heavy atom. The maximum Gasteiger partial charge on any atom is 0.271 e. The van der Waals surface area contributed by atoms with Crippen LogP contribution in [0.2, 0.25) is 0 Å². The number of aromatic nitrogens is 4. The van der Waals surface area contributed by atoms with Crippen LogP contribution in [0.3, 0.4) is 0 Å². The number of hydrogen-bond acceptors (Lipinski definition) is 8. The van der Waals surface area contributed by atoms with Gasteiger partial charge in [-0.05, 0) is 49.5 Å². The molecule has 0 aliphatic carbocycles. The van der Waals surface area contributed by atoms with Gasteiger partial charge in [-0.2, -0.15) is 5.10 Å². The van der Waals surface area contributed by atoms with Crippen LogP contribution < -0.4 is 16.0 Å². The summed E-state index contributed by atoms with van der Waals surface area (Å²) in [6.45, 7) is 13.8. The fourth-order valence-corrected chi connectivity index (χ4v) is 6.53. The Balaban J connectivity index is 1.76. The van der Waals surface area contributed by atoms with Crippen molar-refractivity contribution < 1.29 is 19.2 Å². The molecule has 2 aromatic heterocycles. The van der Waals surface area contributed by atoms with Gasteiger partial charge < -0.3 is 20.9 Å². The Hall–Kier alpha value is -4.13. The van der Waals surface area contributed by atoms with Crippen molar-refractivity contribution in [2.75, 3.05) is 13.1 Å². The molecule has 260 valence electrons. The smallest absolute Gasteiger partial charge is 0.271 e. The van der Waals surface area contributed by atoms with Gasteiger partial charge in [-0.1, -0.05) is 71.9 Å². The summed E-state index contributed by atoms with van der Waals surface area (Å²) in [7, 11) is 0. The molecule has 4 amide bonds. The van der Waals surface area contributed by atoms with Gasteiger partial charge in [-0.3, -0.25) is 19.2 Å². The first-order chi connectivity index (χ1) is 22.8. The number of nitrogens with one attached hydrogen (secondary N) is 3. The van der Waals surface area contributed by atoms with Crippen molar-refractivity contribution >= 4 is 35.0 Å². The van der Waals surface area contributed by atoms with Crippen molar-refractivity contribution in [3.8, 4) is 0 Å². The first-order valence-corrected chi connectivity index (χ1v) is 17.7. The first-order valence-electron chi connectivity index (χ1n) is 16.9. The van der Waals surface area contributed by atoms with Crippen LogP contribution in [-0.2, 0) is 27.3 Å². The summed E-state index contributed by atoms with van der Waals surface area (Å²) in [5.41, 5.74) is 1.20. The van der Waals surface area contributed by atoms with E-state index in [2.05, 4.69) is 58.7 Å². The molecule has 48 heavy (non-hydrogen) atoms. The van der Waals surface area contributed by atoms with Gasteiger partial charge in [0.25, 0.3) is 5.91 Å². The van der Waals surface area contributed by atoms with Gasteiger partial charge in [0.15, 0.2) is 5.82 Å². The van der Waals surface area contributed by atoms with Crippen LogP contribution in [0.1, 0.15) is 106 Å². The van der Waals surface area contributed by atoms with Crippen LogP contribution in [0.4, 0.5) is 0 Å². The fraction of sp³-hybridized carbons (Fsp3) is 0.571.